The third kappa shape index (κ3) is 3.67. The lowest BCUT2D eigenvalue weighted by Gasteiger charge is -2.18. The Morgan fingerprint density at radius 2 is 2.24 bits per heavy atom. The average Bonchev–Trinajstić information content (AvgIpc) is 3.07. The molecule has 0 aliphatic heterocycles. The van der Waals surface area contributed by atoms with Crippen LogP contribution in [0.4, 0.5) is 0 Å². The van der Waals surface area contributed by atoms with Crippen LogP contribution in [-0.4, -0.2) is 26.8 Å². The van der Waals surface area contributed by atoms with Gasteiger partial charge in [-0.2, -0.15) is 5.10 Å². The molecular formula is C21H22N4O3S. The monoisotopic (exact) mass is 410 g/mol. The van der Waals surface area contributed by atoms with Crippen LogP contribution in [-0.2, 0) is 17.6 Å². The summed E-state index contributed by atoms with van der Waals surface area (Å²) in [6.07, 6.45) is 5.72. The Labute approximate surface area is 171 Å². The highest BCUT2D eigenvalue weighted by Crippen LogP contribution is 2.35. The number of aromatic hydroxyl groups is 1. The molecule has 1 aromatic carbocycles. The zero-order valence-corrected chi connectivity index (χ0v) is 17.1. The molecule has 0 bridgehead atoms. The van der Waals surface area contributed by atoms with Gasteiger partial charge in [-0.15, -0.1) is 11.3 Å². The number of benzene rings is 1. The lowest BCUT2D eigenvalue weighted by Crippen LogP contribution is -2.34. The van der Waals surface area contributed by atoms with Crippen LogP contribution in [0.1, 0.15) is 42.3 Å². The Kier molecular flexibility index (Phi) is 5.19. The fraction of sp³-hybridized carbons (Fsp3) is 0.333. The molecule has 2 aromatic heterocycles. The van der Waals surface area contributed by atoms with Gasteiger partial charge >= 0.3 is 0 Å². The van der Waals surface area contributed by atoms with E-state index in [1.54, 1.807) is 36.5 Å². The van der Waals surface area contributed by atoms with Gasteiger partial charge in [0.2, 0.25) is 0 Å². The first-order chi connectivity index (χ1) is 14.0. The van der Waals surface area contributed by atoms with E-state index in [-0.39, 0.29) is 11.3 Å². The van der Waals surface area contributed by atoms with Gasteiger partial charge in [0.1, 0.15) is 16.6 Å². The summed E-state index contributed by atoms with van der Waals surface area (Å²) < 4.78 is 1.36. The van der Waals surface area contributed by atoms with Crippen molar-refractivity contribution in [1.82, 2.24) is 15.0 Å². The van der Waals surface area contributed by atoms with Gasteiger partial charge in [-0.05, 0) is 49.8 Å². The molecule has 0 unspecified atom stereocenters. The number of amides is 1. The molecular weight excluding hydrogens is 388 g/mol. The Morgan fingerprint density at radius 3 is 3.03 bits per heavy atom. The summed E-state index contributed by atoms with van der Waals surface area (Å²) in [5, 5.41) is 14.3. The summed E-state index contributed by atoms with van der Waals surface area (Å²) in [4.78, 5) is 32.0. The molecule has 0 spiro atoms. The number of thiophene rings is 1. The Bertz CT molecular complexity index is 1160. The number of phenolic OH excluding ortho intramolecular Hbond substituents is 1. The minimum atomic E-state index is -0.765. The number of aromatic nitrogens is 2. The maximum Gasteiger partial charge on any atom is 0.263 e. The van der Waals surface area contributed by atoms with Crippen LogP contribution in [0, 0.1) is 5.92 Å². The SMILES string of the molecule is C[C@H]1CCc2c(sc3ncn([C@@H](C)C(=O)N/N=C/c4ccccc4O)c(=O)c23)C1. The first-order valence-corrected chi connectivity index (χ1v) is 10.4. The van der Waals surface area contributed by atoms with Gasteiger partial charge in [0.25, 0.3) is 11.5 Å². The number of hydrogen-bond acceptors (Lipinski definition) is 6. The molecule has 3 aromatic rings. The summed E-state index contributed by atoms with van der Waals surface area (Å²) in [6.45, 7) is 3.86. The van der Waals surface area contributed by atoms with E-state index in [0.717, 1.165) is 29.7 Å². The van der Waals surface area contributed by atoms with Gasteiger partial charge in [0.15, 0.2) is 0 Å². The molecule has 1 aliphatic carbocycles. The largest absolute Gasteiger partial charge is 0.507 e. The van der Waals surface area contributed by atoms with Crippen LogP contribution < -0.4 is 11.0 Å². The Morgan fingerprint density at radius 1 is 1.45 bits per heavy atom. The molecule has 2 atom stereocenters. The second-order valence-electron chi connectivity index (χ2n) is 7.46. The maximum atomic E-state index is 13.1. The molecule has 1 amide bonds. The van der Waals surface area contributed by atoms with Crippen LogP contribution in [0.15, 0.2) is 40.5 Å². The lowest BCUT2D eigenvalue weighted by molar-refractivity contribution is -0.123. The van der Waals surface area contributed by atoms with Gasteiger partial charge in [-0.25, -0.2) is 10.4 Å². The highest BCUT2D eigenvalue weighted by atomic mass is 32.1. The molecule has 150 valence electrons. The number of nitrogens with zero attached hydrogens (tertiary/aromatic N) is 3. The zero-order chi connectivity index (χ0) is 20.5. The number of carbonyl (C=O) groups is 1. The van der Waals surface area contributed by atoms with Crippen molar-refractivity contribution in [3.05, 3.63) is 57.0 Å². The van der Waals surface area contributed by atoms with Crippen molar-refractivity contribution in [2.24, 2.45) is 11.0 Å². The topological polar surface area (TPSA) is 96.6 Å². The van der Waals surface area contributed by atoms with E-state index < -0.39 is 11.9 Å². The predicted molar refractivity (Wildman–Crippen MR) is 114 cm³/mol. The molecule has 0 saturated carbocycles. The third-order valence-corrected chi connectivity index (χ3v) is 6.52. The minimum Gasteiger partial charge on any atom is -0.507 e. The van der Waals surface area contributed by atoms with Crippen LogP contribution >= 0.6 is 11.3 Å². The Balaban J connectivity index is 1.57. The first kappa shape index (κ1) is 19.3. The van der Waals surface area contributed by atoms with E-state index in [1.807, 2.05) is 0 Å². The second-order valence-corrected chi connectivity index (χ2v) is 8.54. The van der Waals surface area contributed by atoms with Gasteiger partial charge in [0.05, 0.1) is 17.9 Å². The Hall–Kier alpha value is -3.00. The fourth-order valence-electron chi connectivity index (χ4n) is 3.60. The highest BCUT2D eigenvalue weighted by Gasteiger charge is 2.25. The van der Waals surface area contributed by atoms with Crippen LogP contribution in [0.5, 0.6) is 5.75 Å². The molecule has 0 saturated heterocycles. The molecule has 0 radical (unpaired) electrons. The number of hydrazone groups is 1. The third-order valence-electron chi connectivity index (χ3n) is 5.35. The quantitative estimate of drug-likeness (QED) is 0.510. The number of rotatable bonds is 4. The van der Waals surface area contributed by atoms with E-state index in [0.29, 0.717) is 16.9 Å². The van der Waals surface area contributed by atoms with Crippen molar-refractivity contribution in [2.75, 3.05) is 0 Å². The molecule has 7 nitrogen and oxygen atoms in total. The molecule has 4 rings (SSSR count). The van der Waals surface area contributed by atoms with Crippen molar-refractivity contribution in [3.63, 3.8) is 0 Å². The molecule has 1 aliphatic rings. The van der Waals surface area contributed by atoms with Crippen molar-refractivity contribution >= 4 is 33.7 Å². The number of aryl methyl sites for hydroxylation is 1. The second kappa shape index (κ2) is 7.79. The van der Waals surface area contributed by atoms with E-state index in [2.05, 4.69) is 22.4 Å². The number of nitrogens with one attached hydrogen (secondary N) is 1. The number of para-hydroxylation sites is 1. The number of fused-ring (bicyclic) bond motifs is 3. The van der Waals surface area contributed by atoms with Gasteiger partial charge in [-0.3, -0.25) is 14.2 Å². The summed E-state index contributed by atoms with van der Waals surface area (Å²) in [5.74, 6) is 0.253. The standard InChI is InChI=1S/C21H22N4O3S/c1-12-7-8-15-17(9-12)29-20-18(15)21(28)25(11-22-20)13(2)19(27)24-23-10-14-5-3-4-6-16(14)26/h3-6,10-13,26H,7-9H2,1-2H3,(H,24,27)/b23-10+/t12-,13-/m0/s1. The fourth-order valence-corrected chi connectivity index (χ4v) is 4.94. The summed E-state index contributed by atoms with van der Waals surface area (Å²) in [6, 6.07) is 5.91. The van der Waals surface area contributed by atoms with Gasteiger partial charge in [-0.1, -0.05) is 19.1 Å². The predicted octanol–water partition coefficient (Wildman–Crippen LogP) is 3.00. The van der Waals surface area contributed by atoms with E-state index in [9.17, 15) is 14.7 Å². The van der Waals surface area contributed by atoms with Crippen molar-refractivity contribution < 1.29 is 9.90 Å². The zero-order valence-electron chi connectivity index (χ0n) is 16.3. The van der Waals surface area contributed by atoms with Crippen molar-refractivity contribution in [2.45, 2.75) is 39.2 Å². The summed E-state index contributed by atoms with van der Waals surface area (Å²) in [7, 11) is 0. The smallest absolute Gasteiger partial charge is 0.263 e. The summed E-state index contributed by atoms with van der Waals surface area (Å²) >= 11 is 1.59. The molecule has 8 heteroatoms. The van der Waals surface area contributed by atoms with Gasteiger partial charge in [0, 0.05) is 10.4 Å². The number of phenols is 1. The highest BCUT2D eigenvalue weighted by molar-refractivity contribution is 7.18. The van der Waals surface area contributed by atoms with Crippen molar-refractivity contribution in [1.29, 1.82) is 0 Å². The summed E-state index contributed by atoms with van der Waals surface area (Å²) in [5.41, 5.74) is 3.83. The maximum absolute atomic E-state index is 13.1. The van der Waals surface area contributed by atoms with Crippen LogP contribution in [0.3, 0.4) is 0 Å². The number of hydrogen-bond donors (Lipinski definition) is 2. The molecule has 0 fully saturated rings. The van der Waals surface area contributed by atoms with Crippen LogP contribution in [0.2, 0.25) is 0 Å². The normalized spacial score (nSPS) is 17.4. The molecule has 2 N–H and O–H groups in total. The molecule has 2 heterocycles. The van der Waals surface area contributed by atoms with E-state index in [4.69, 9.17) is 0 Å². The van der Waals surface area contributed by atoms with Crippen LogP contribution in [0.25, 0.3) is 10.2 Å². The van der Waals surface area contributed by atoms with Crippen molar-refractivity contribution in [3.8, 4) is 5.75 Å². The number of carbonyl (C=O) groups excluding carboxylic acids is 1. The average molecular weight is 410 g/mol. The first-order valence-electron chi connectivity index (χ1n) is 9.58. The van der Waals surface area contributed by atoms with E-state index >= 15 is 0 Å². The minimum absolute atomic E-state index is 0.0703. The van der Waals surface area contributed by atoms with Gasteiger partial charge < -0.3 is 5.11 Å². The lowest BCUT2D eigenvalue weighted by atomic mass is 9.89. The molecule has 29 heavy (non-hydrogen) atoms. The van der Waals surface area contributed by atoms with E-state index in [1.165, 1.54) is 28.1 Å².